The van der Waals surface area contributed by atoms with Crippen LogP contribution in [0.3, 0.4) is 0 Å². The fourth-order valence-corrected chi connectivity index (χ4v) is 3.47. The van der Waals surface area contributed by atoms with Crippen LogP contribution < -0.4 is 10.1 Å². The van der Waals surface area contributed by atoms with Crippen molar-refractivity contribution in [3.05, 3.63) is 48.2 Å². The molecule has 2 rings (SSSR count). The molecule has 1 amide bonds. The molecule has 2 aromatic rings. The molecule has 0 aliphatic heterocycles. The molecular formula is C19H23N3O6S. The molecule has 10 heteroatoms. The molecule has 9 nitrogen and oxygen atoms in total. The summed E-state index contributed by atoms with van der Waals surface area (Å²) in [4.78, 5) is 27.7. The SMILES string of the molecule is COCCOc1ncccc1NC(=O)CN(C)S(=O)(=O)c1ccc(C(C)=O)cc1. The summed E-state index contributed by atoms with van der Waals surface area (Å²) in [7, 11) is -1.06. The maximum atomic E-state index is 12.7. The van der Waals surface area contributed by atoms with Crippen molar-refractivity contribution < 1.29 is 27.5 Å². The highest BCUT2D eigenvalue weighted by atomic mass is 32.2. The van der Waals surface area contributed by atoms with Crippen LogP contribution in [0.25, 0.3) is 0 Å². The van der Waals surface area contributed by atoms with E-state index in [1.165, 1.54) is 51.5 Å². The Bertz CT molecular complexity index is 960. The molecule has 0 radical (unpaired) electrons. The first-order chi connectivity index (χ1) is 13.8. The maximum Gasteiger partial charge on any atom is 0.243 e. The number of anilines is 1. The summed E-state index contributed by atoms with van der Waals surface area (Å²) >= 11 is 0. The first-order valence-electron chi connectivity index (χ1n) is 8.69. The number of sulfonamides is 1. The number of Topliss-reactive ketones (excluding diaryl/α,β-unsaturated/α-hetero) is 1. The van der Waals surface area contributed by atoms with Crippen LogP contribution in [0.2, 0.25) is 0 Å². The van der Waals surface area contributed by atoms with Crippen molar-refractivity contribution in [1.29, 1.82) is 0 Å². The largest absolute Gasteiger partial charge is 0.474 e. The third kappa shape index (κ3) is 6.08. The van der Waals surface area contributed by atoms with Crippen molar-refractivity contribution >= 4 is 27.4 Å². The average Bonchev–Trinajstić information content (AvgIpc) is 2.69. The number of nitrogens with one attached hydrogen (secondary N) is 1. The number of carbonyl (C=O) groups is 2. The molecule has 0 unspecified atom stereocenters. The van der Waals surface area contributed by atoms with Crippen LogP contribution in [-0.2, 0) is 19.6 Å². The van der Waals surface area contributed by atoms with Gasteiger partial charge >= 0.3 is 0 Å². The normalized spacial score (nSPS) is 11.3. The van der Waals surface area contributed by atoms with Gasteiger partial charge in [-0.05, 0) is 31.2 Å². The number of methoxy groups -OCH3 is 1. The molecule has 0 aliphatic carbocycles. The predicted octanol–water partition coefficient (Wildman–Crippen LogP) is 1.57. The fraction of sp³-hybridized carbons (Fsp3) is 0.316. The lowest BCUT2D eigenvalue weighted by Crippen LogP contribution is -2.35. The zero-order valence-electron chi connectivity index (χ0n) is 16.4. The lowest BCUT2D eigenvalue weighted by atomic mass is 10.2. The number of ketones is 1. The van der Waals surface area contributed by atoms with Gasteiger partial charge in [0.2, 0.25) is 21.8 Å². The second-order valence-corrected chi connectivity index (χ2v) is 8.13. The zero-order valence-corrected chi connectivity index (χ0v) is 17.2. The van der Waals surface area contributed by atoms with E-state index < -0.39 is 22.5 Å². The number of ether oxygens (including phenoxy) is 2. The smallest absolute Gasteiger partial charge is 0.243 e. The van der Waals surface area contributed by atoms with Crippen molar-refractivity contribution in [2.75, 3.05) is 39.2 Å². The van der Waals surface area contributed by atoms with E-state index in [1.54, 1.807) is 12.1 Å². The molecule has 0 saturated carbocycles. The van der Waals surface area contributed by atoms with Gasteiger partial charge in [0.15, 0.2) is 5.78 Å². The standard InChI is InChI=1S/C19H23N3O6S/c1-14(23)15-6-8-16(9-7-15)29(25,26)22(2)13-18(24)21-17-5-4-10-20-19(17)28-12-11-27-3/h4-10H,11-13H2,1-3H3,(H,21,24). The Morgan fingerprint density at radius 2 is 1.83 bits per heavy atom. The van der Waals surface area contributed by atoms with Crippen LogP contribution in [0.1, 0.15) is 17.3 Å². The van der Waals surface area contributed by atoms with E-state index in [1.807, 2.05) is 0 Å². The highest BCUT2D eigenvalue weighted by Crippen LogP contribution is 2.21. The summed E-state index contributed by atoms with van der Waals surface area (Å²) in [6.45, 7) is 1.59. The highest BCUT2D eigenvalue weighted by molar-refractivity contribution is 7.89. The Kier molecular flexibility index (Phi) is 7.82. The highest BCUT2D eigenvalue weighted by Gasteiger charge is 2.23. The maximum absolute atomic E-state index is 12.7. The van der Waals surface area contributed by atoms with Crippen LogP contribution in [0.5, 0.6) is 5.88 Å². The van der Waals surface area contributed by atoms with Gasteiger partial charge in [-0.2, -0.15) is 4.31 Å². The number of nitrogens with zero attached hydrogens (tertiary/aromatic N) is 2. The van der Waals surface area contributed by atoms with E-state index in [4.69, 9.17) is 9.47 Å². The Balaban J connectivity index is 2.05. The Morgan fingerprint density at radius 3 is 2.45 bits per heavy atom. The molecule has 0 aliphatic rings. The summed E-state index contributed by atoms with van der Waals surface area (Å²) in [6, 6.07) is 8.76. The van der Waals surface area contributed by atoms with Gasteiger partial charge in [-0.15, -0.1) is 0 Å². The molecule has 0 bridgehead atoms. The van der Waals surface area contributed by atoms with Gasteiger partial charge in [0.25, 0.3) is 0 Å². The number of rotatable bonds is 10. The first-order valence-corrected chi connectivity index (χ1v) is 10.1. The summed E-state index contributed by atoms with van der Waals surface area (Å²) in [5, 5.41) is 2.60. The number of pyridine rings is 1. The van der Waals surface area contributed by atoms with Gasteiger partial charge in [0.1, 0.15) is 12.3 Å². The van der Waals surface area contributed by atoms with Crippen LogP contribution in [0.15, 0.2) is 47.5 Å². The second-order valence-electron chi connectivity index (χ2n) is 6.09. The molecule has 0 spiro atoms. The van der Waals surface area contributed by atoms with Crippen LogP contribution in [-0.4, -0.2) is 63.3 Å². The molecule has 1 aromatic heterocycles. The Hall–Kier alpha value is -2.82. The zero-order chi connectivity index (χ0) is 21.4. The number of hydrogen-bond acceptors (Lipinski definition) is 7. The summed E-state index contributed by atoms with van der Waals surface area (Å²) in [5.74, 6) is -0.508. The number of likely N-dealkylation sites (N-methyl/N-ethyl adjacent to an activating group) is 1. The van der Waals surface area contributed by atoms with E-state index in [0.29, 0.717) is 17.9 Å². The lowest BCUT2D eigenvalue weighted by molar-refractivity contribution is -0.116. The third-order valence-corrected chi connectivity index (χ3v) is 5.72. The van der Waals surface area contributed by atoms with Crippen LogP contribution in [0.4, 0.5) is 5.69 Å². The Labute approximate surface area is 169 Å². The Morgan fingerprint density at radius 1 is 1.14 bits per heavy atom. The molecule has 156 valence electrons. The first kappa shape index (κ1) is 22.5. The molecule has 1 aromatic carbocycles. The minimum Gasteiger partial charge on any atom is -0.474 e. The van der Waals surface area contributed by atoms with Gasteiger partial charge in [-0.3, -0.25) is 9.59 Å². The molecule has 0 saturated heterocycles. The number of benzene rings is 1. The third-order valence-electron chi connectivity index (χ3n) is 3.91. The molecule has 1 heterocycles. The number of hydrogen-bond donors (Lipinski definition) is 1. The average molecular weight is 421 g/mol. The van der Waals surface area contributed by atoms with Crippen LogP contribution in [0, 0.1) is 0 Å². The van der Waals surface area contributed by atoms with Gasteiger partial charge in [0, 0.05) is 25.9 Å². The van der Waals surface area contributed by atoms with E-state index in [9.17, 15) is 18.0 Å². The van der Waals surface area contributed by atoms with E-state index >= 15 is 0 Å². The molecule has 29 heavy (non-hydrogen) atoms. The summed E-state index contributed by atoms with van der Waals surface area (Å²) in [6.07, 6.45) is 1.51. The van der Waals surface area contributed by atoms with Crippen molar-refractivity contribution in [3.8, 4) is 5.88 Å². The molecule has 0 fully saturated rings. The van der Waals surface area contributed by atoms with Crippen molar-refractivity contribution in [1.82, 2.24) is 9.29 Å². The van der Waals surface area contributed by atoms with Crippen LogP contribution >= 0.6 is 0 Å². The number of aromatic nitrogens is 1. The predicted molar refractivity (Wildman–Crippen MR) is 107 cm³/mol. The van der Waals surface area contributed by atoms with E-state index in [2.05, 4.69) is 10.3 Å². The molecule has 0 atom stereocenters. The fourth-order valence-electron chi connectivity index (χ4n) is 2.34. The number of carbonyl (C=O) groups excluding carboxylic acids is 2. The topological polar surface area (TPSA) is 115 Å². The quantitative estimate of drug-likeness (QED) is 0.457. The van der Waals surface area contributed by atoms with Gasteiger partial charge in [0.05, 0.1) is 18.0 Å². The van der Waals surface area contributed by atoms with Crippen molar-refractivity contribution in [3.63, 3.8) is 0 Å². The van der Waals surface area contributed by atoms with Crippen molar-refractivity contribution in [2.45, 2.75) is 11.8 Å². The minimum absolute atomic E-state index is 0.0113. The van der Waals surface area contributed by atoms with Crippen molar-refractivity contribution in [2.24, 2.45) is 0 Å². The summed E-state index contributed by atoms with van der Waals surface area (Å²) < 4.78 is 36.6. The molecule has 1 N–H and O–H groups in total. The summed E-state index contributed by atoms with van der Waals surface area (Å²) in [5.41, 5.74) is 0.729. The van der Waals surface area contributed by atoms with Gasteiger partial charge in [-0.25, -0.2) is 13.4 Å². The van der Waals surface area contributed by atoms with E-state index in [-0.39, 0.29) is 23.2 Å². The van der Waals surface area contributed by atoms with Gasteiger partial charge < -0.3 is 14.8 Å². The second kappa shape index (κ2) is 10.1. The lowest BCUT2D eigenvalue weighted by Gasteiger charge is -2.17. The number of amides is 1. The monoisotopic (exact) mass is 421 g/mol. The minimum atomic E-state index is -3.90. The van der Waals surface area contributed by atoms with E-state index in [0.717, 1.165) is 4.31 Å². The van der Waals surface area contributed by atoms with Gasteiger partial charge in [-0.1, -0.05) is 12.1 Å². The molecular weight excluding hydrogens is 398 g/mol.